The molecule has 1 aromatic carbocycles. The number of nitrogens with one attached hydrogen (secondary N) is 1. The number of rotatable bonds is 4. The van der Waals surface area contributed by atoms with Crippen LogP contribution in [0.15, 0.2) is 18.2 Å². The van der Waals surface area contributed by atoms with E-state index in [1.165, 1.54) is 20.0 Å². The van der Waals surface area contributed by atoms with E-state index < -0.39 is 16.1 Å². The fraction of sp³-hybridized carbons (Fsp3) is 0.417. The van der Waals surface area contributed by atoms with E-state index in [2.05, 4.69) is 5.32 Å². The van der Waals surface area contributed by atoms with E-state index in [4.69, 9.17) is 11.6 Å². The summed E-state index contributed by atoms with van der Waals surface area (Å²) < 4.78 is 24.8. The van der Waals surface area contributed by atoms with Crippen molar-refractivity contribution in [1.29, 1.82) is 0 Å². The van der Waals surface area contributed by atoms with Crippen molar-refractivity contribution in [3.8, 4) is 0 Å². The van der Waals surface area contributed by atoms with Gasteiger partial charge in [-0.1, -0.05) is 17.7 Å². The highest BCUT2D eigenvalue weighted by molar-refractivity contribution is 7.92. The van der Waals surface area contributed by atoms with Crippen molar-refractivity contribution in [3.05, 3.63) is 28.8 Å². The molecule has 0 fully saturated rings. The number of hydrogen-bond acceptors (Lipinski definition) is 3. The smallest absolute Gasteiger partial charge is 0.243 e. The maximum atomic E-state index is 11.9. The molecule has 1 amide bonds. The monoisotopic (exact) mass is 304 g/mol. The molecular formula is C12H17ClN2O3S. The molecule has 0 aromatic heterocycles. The lowest BCUT2D eigenvalue weighted by Crippen LogP contribution is -2.47. The molecule has 0 spiro atoms. The number of likely N-dealkylation sites (N-methyl/N-ethyl adjacent to an activating group) is 1. The Balaban J connectivity index is 3.33. The third-order valence-corrected chi connectivity index (χ3v) is 4.39. The number of carbonyl (C=O) groups is 1. The van der Waals surface area contributed by atoms with Gasteiger partial charge in [-0.25, -0.2) is 8.42 Å². The van der Waals surface area contributed by atoms with Crippen molar-refractivity contribution in [2.75, 3.05) is 17.6 Å². The van der Waals surface area contributed by atoms with E-state index in [-0.39, 0.29) is 5.91 Å². The van der Waals surface area contributed by atoms with Crippen LogP contribution < -0.4 is 9.62 Å². The first-order valence-corrected chi connectivity index (χ1v) is 7.88. The van der Waals surface area contributed by atoms with Gasteiger partial charge in [-0.15, -0.1) is 0 Å². The number of aryl methyl sites for hydroxylation is 1. The molecule has 1 aromatic rings. The van der Waals surface area contributed by atoms with E-state index in [0.29, 0.717) is 10.7 Å². The van der Waals surface area contributed by atoms with Gasteiger partial charge in [0.1, 0.15) is 6.04 Å². The first kappa shape index (κ1) is 15.8. The molecule has 0 aliphatic carbocycles. The van der Waals surface area contributed by atoms with Gasteiger partial charge in [-0.05, 0) is 31.5 Å². The SMILES string of the molecule is CNC(=O)[C@@H](C)N(c1ccc(C)c(Cl)c1)S(C)(=O)=O. The zero-order valence-corrected chi connectivity index (χ0v) is 12.8. The quantitative estimate of drug-likeness (QED) is 0.918. The highest BCUT2D eigenvalue weighted by Crippen LogP contribution is 2.26. The number of halogens is 1. The van der Waals surface area contributed by atoms with Gasteiger partial charge in [-0.2, -0.15) is 0 Å². The Labute approximate surface area is 118 Å². The Hall–Kier alpha value is -1.27. The van der Waals surface area contributed by atoms with Crippen LogP contribution in [0.4, 0.5) is 5.69 Å². The van der Waals surface area contributed by atoms with Crippen LogP contribution in [0.5, 0.6) is 0 Å². The van der Waals surface area contributed by atoms with E-state index in [0.717, 1.165) is 16.1 Å². The van der Waals surface area contributed by atoms with E-state index in [1.54, 1.807) is 12.1 Å². The summed E-state index contributed by atoms with van der Waals surface area (Å²) in [5.41, 5.74) is 1.21. The van der Waals surface area contributed by atoms with Gasteiger partial charge in [0.25, 0.3) is 0 Å². The summed E-state index contributed by atoms with van der Waals surface area (Å²) in [6.07, 6.45) is 1.06. The molecule has 5 nitrogen and oxygen atoms in total. The number of anilines is 1. The number of nitrogens with zero attached hydrogens (tertiary/aromatic N) is 1. The van der Waals surface area contributed by atoms with Gasteiger partial charge in [0, 0.05) is 12.1 Å². The van der Waals surface area contributed by atoms with Gasteiger partial charge in [0.15, 0.2) is 0 Å². The Kier molecular flexibility index (Phi) is 4.81. The zero-order valence-electron chi connectivity index (χ0n) is 11.3. The van der Waals surface area contributed by atoms with Crippen LogP contribution in [-0.2, 0) is 14.8 Å². The summed E-state index contributed by atoms with van der Waals surface area (Å²) in [5.74, 6) is -0.387. The Morgan fingerprint density at radius 1 is 1.42 bits per heavy atom. The van der Waals surface area contributed by atoms with Crippen LogP contribution in [0, 0.1) is 6.92 Å². The molecule has 0 heterocycles. The predicted molar refractivity (Wildman–Crippen MR) is 77.0 cm³/mol. The average molecular weight is 305 g/mol. The van der Waals surface area contributed by atoms with Crippen LogP contribution in [-0.4, -0.2) is 33.7 Å². The molecule has 0 bridgehead atoms. The molecule has 106 valence electrons. The van der Waals surface area contributed by atoms with Crippen molar-refractivity contribution in [2.24, 2.45) is 0 Å². The highest BCUT2D eigenvalue weighted by Gasteiger charge is 2.28. The fourth-order valence-electron chi connectivity index (χ4n) is 1.74. The molecule has 7 heteroatoms. The molecule has 0 radical (unpaired) electrons. The van der Waals surface area contributed by atoms with Crippen molar-refractivity contribution < 1.29 is 13.2 Å². The summed E-state index contributed by atoms with van der Waals surface area (Å²) >= 11 is 6.00. The lowest BCUT2D eigenvalue weighted by Gasteiger charge is -2.28. The molecule has 1 rings (SSSR count). The number of sulfonamides is 1. The average Bonchev–Trinajstić information content (AvgIpc) is 2.31. The third kappa shape index (κ3) is 3.61. The largest absolute Gasteiger partial charge is 0.357 e. The lowest BCUT2D eigenvalue weighted by molar-refractivity contribution is -0.121. The standard InChI is InChI=1S/C12H17ClN2O3S/c1-8-5-6-10(7-11(8)13)15(19(4,17)18)9(2)12(16)14-3/h5-7,9H,1-4H3,(H,14,16)/t9-/m1/s1. The van der Waals surface area contributed by atoms with Crippen LogP contribution >= 0.6 is 11.6 Å². The van der Waals surface area contributed by atoms with E-state index in [9.17, 15) is 13.2 Å². The van der Waals surface area contributed by atoms with Crippen molar-refractivity contribution >= 4 is 33.2 Å². The highest BCUT2D eigenvalue weighted by atomic mass is 35.5. The third-order valence-electron chi connectivity index (χ3n) is 2.74. The normalized spacial score (nSPS) is 12.9. The second-order valence-electron chi connectivity index (χ2n) is 4.28. The first-order valence-electron chi connectivity index (χ1n) is 5.65. The topological polar surface area (TPSA) is 66.5 Å². The minimum absolute atomic E-state index is 0.370. The molecule has 0 saturated heterocycles. The molecular weight excluding hydrogens is 288 g/mol. The van der Waals surface area contributed by atoms with Gasteiger partial charge in [0.05, 0.1) is 11.9 Å². The summed E-state index contributed by atoms with van der Waals surface area (Å²) in [5, 5.41) is 2.89. The fourth-order valence-corrected chi connectivity index (χ4v) is 3.08. The van der Waals surface area contributed by atoms with Crippen LogP contribution in [0.25, 0.3) is 0 Å². The van der Waals surface area contributed by atoms with Gasteiger partial charge >= 0.3 is 0 Å². The maximum absolute atomic E-state index is 11.9. The predicted octanol–water partition coefficient (Wildman–Crippen LogP) is 1.55. The molecule has 1 atom stereocenters. The number of hydrogen-bond donors (Lipinski definition) is 1. The Morgan fingerprint density at radius 2 is 2.00 bits per heavy atom. The van der Waals surface area contributed by atoms with Crippen LogP contribution in [0.2, 0.25) is 5.02 Å². The zero-order chi connectivity index (χ0) is 14.8. The van der Waals surface area contributed by atoms with Crippen molar-refractivity contribution in [3.63, 3.8) is 0 Å². The molecule has 0 unspecified atom stereocenters. The summed E-state index contributed by atoms with van der Waals surface area (Å²) in [7, 11) is -2.13. The van der Waals surface area contributed by atoms with Crippen molar-refractivity contribution in [1.82, 2.24) is 5.32 Å². The van der Waals surface area contributed by atoms with E-state index in [1.807, 2.05) is 6.92 Å². The molecule has 1 N–H and O–H groups in total. The number of benzene rings is 1. The Morgan fingerprint density at radius 3 is 2.42 bits per heavy atom. The number of carbonyl (C=O) groups excluding carboxylic acids is 1. The summed E-state index contributed by atoms with van der Waals surface area (Å²) in [4.78, 5) is 11.7. The lowest BCUT2D eigenvalue weighted by atomic mass is 10.2. The van der Waals surface area contributed by atoms with Gasteiger partial charge in [0.2, 0.25) is 15.9 Å². The molecule has 0 aliphatic heterocycles. The molecule has 0 aliphatic rings. The van der Waals surface area contributed by atoms with Crippen molar-refractivity contribution in [2.45, 2.75) is 19.9 Å². The first-order chi connectivity index (χ1) is 8.68. The maximum Gasteiger partial charge on any atom is 0.243 e. The molecule has 0 saturated carbocycles. The summed E-state index contributed by atoms with van der Waals surface area (Å²) in [6, 6.07) is 4.03. The minimum atomic E-state index is -3.59. The van der Waals surface area contributed by atoms with Crippen LogP contribution in [0.3, 0.4) is 0 Å². The molecule has 19 heavy (non-hydrogen) atoms. The summed E-state index contributed by atoms with van der Waals surface area (Å²) in [6.45, 7) is 3.34. The second kappa shape index (κ2) is 5.79. The van der Waals surface area contributed by atoms with E-state index >= 15 is 0 Å². The minimum Gasteiger partial charge on any atom is -0.357 e. The second-order valence-corrected chi connectivity index (χ2v) is 6.55. The Bertz CT molecular complexity index is 587. The van der Waals surface area contributed by atoms with Gasteiger partial charge in [-0.3, -0.25) is 9.10 Å². The van der Waals surface area contributed by atoms with Gasteiger partial charge < -0.3 is 5.32 Å². The van der Waals surface area contributed by atoms with Crippen LogP contribution in [0.1, 0.15) is 12.5 Å². The number of amides is 1.